The number of carbonyl (C=O) groups is 1. The number of ether oxygens (including phenoxy) is 1. The average Bonchev–Trinajstić information content (AvgIpc) is 3.20. The molecule has 0 spiro atoms. The Hall–Kier alpha value is -4.26. The molecule has 0 saturated carbocycles. The van der Waals surface area contributed by atoms with E-state index in [1.165, 1.54) is 42.3 Å². The zero-order valence-corrected chi connectivity index (χ0v) is 22.6. The molecule has 0 radical (unpaired) electrons. The molecule has 1 aliphatic heterocycles. The van der Waals surface area contributed by atoms with Gasteiger partial charge in [0.15, 0.2) is 20.7 Å². The zero-order chi connectivity index (χ0) is 27.7. The Labute approximate surface area is 232 Å². The lowest BCUT2D eigenvalue weighted by molar-refractivity contribution is -0.387. The van der Waals surface area contributed by atoms with E-state index < -0.39 is 25.6 Å². The molecular weight excluding hydrogens is 561 g/mol. The first-order valence-electron chi connectivity index (χ1n) is 11.3. The van der Waals surface area contributed by atoms with Gasteiger partial charge in [-0.2, -0.15) is 8.42 Å². The molecule has 1 amide bonds. The summed E-state index contributed by atoms with van der Waals surface area (Å²) in [4.78, 5) is 25.1. The Bertz CT molecular complexity index is 1800. The summed E-state index contributed by atoms with van der Waals surface area (Å²) in [6.45, 7) is 0. The van der Waals surface area contributed by atoms with E-state index in [4.69, 9.17) is 21.1 Å². The largest absolute Gasteiger partial charge is 0.493 e. The van der Waals surface area contributed by atoms with Crippen molar-refractivity contribution in [1.29, 1.82) is 0 Å². The normalized spacial score (nSPS) is 14.7. The predicted octanol–water partition coefficient (Wildman–Crippen LogP) is 5.93. The summed E-state index contributed by atoms with van der Waals surface area (Å²) in [5.41, 5.74) is 0.600. The number of nitrogens with zero attached hydrogens (tertiary/aromatic N) is 2. The van der Waals surface area contributed by atoms with Crippen LogP contribution in [0.2, 0.25) is 0 Å². The third-order valence-corrected chi connectivity index (χ3v) is 8.40. The van der Waals surface area contributed by atoms with E-state index in [1.54, 1.807) is 6.08 Å². The highest BCUT2D eigenvalue weighted by molar-refractivity contribution is 8.27. The van der Waals surface area contributed by atoms with Gasteiger partial charge in [-0.15, -0.1) is 0 Å². The predicted molar refractivity (Wildman–Crippen MR) is 154 cm³/mol. The molecule has 0 bridgehead atoms. The number of methoxy groups -OCH3 is 1. The van der Waals surface area contributed by atoms with Crippen molar-refractivity contribution < 1.29 is 27.1 Å². The van der Waals surface area contributed by atoms with Crippen LogP contribution in [0.5, 0.6) is 11.5 Å². The number of thiocarbonyl (C=S) groups is 1. The number of anilines is 1. The number of carbonyl (C=O) groups excluding carboxylic acids is 1. The number of hydrogen-bond donors (Lipinski definition) is 0. The molecule has 9 nitrogen and oxygen atoms in total. The lowest BCUT2D eigenvalue weighted by Crippen LogP contribution is -2.27. The van der Waals surface area contributed by atoms with Gasteiger partial charge in [-0.05, 0) is 41.3 Å². The fourth-order valence-corrected chi connectivity index (χ4v) is 6.45. The van der Waals surface area contributed by atoms with Crippen molar-refractivity contribution in [3.8, 4) is 11.5 Å². The molecule has 1 saturated heterocycles. The Morgan fingerprint density at radius 1 is 0.974 bits per heavy atom. The highest BCUT2D eigenvalue weighted by atomic mass is 32.2. The molecule has 1 heterocycles. The van der Waals surface area contributed by atoms with Crippen molar-refractivity contribution in [3.05, 3.63) is 106 Å². The molecule has 0 aromatic heterocycles. The van der Waals surface area contributed by atoms with Crippen molar-refractivity contribution in [2.45, 2.75) is 4.90 Å². The number of rotatable bonds is 7. The van der Waals surface area contributed by atoms with E-state index in [0.29, 0.717) is 20.5 Å². The Balaban J connectivity index is 1.44. The van der Waals surface area contributed by atoms with Gasteiger partial charge in [-0.3, -0.25) is 19.8 Å². The van der Waals surface area contributed by atoms with Gasteiger partial charge in [0.1, 0.15) is 0 Å². The summed E-state index contributed by atoms with van der Waals surface area (Å²) in [6, 6.07) is 22.6. The molecule has 4 aromatic carbocycles. The van der Waals surface area contributed by atoms with Gasteiger partial charge in [-0.1, -0.05) is 78.6 Å². The van der Waals surface area contributed by atoms with Crippen LogP contribution in [0.15, 0.2) is 94.7 Å². The molecule has 196 valence electrons. The maximum Gasteiger partial charge on any atom is 0.346 e. The highest BCUT2D eigenvalue weighted by Gasteiger charge is 2.34. The van der Waals surface area contributed by atoms with Crippen molar-refractivity contribution in [1.82, 2.24) is 0 Å². The fourth-order valence-electron chi connectivity index (χ4n) is 4.06. The quantitative estimate of drug-likeness (QED) is 0.0865. The number of thioether (sulfide) groups is 1. The van der Waals surface area contributed by atoms with Crippen LogP contribution in [-0.4, -0.2) is 30.7 Å². The SMILES string of the molecule is COc1cc(/C=C2/SC(=S)N(c3cccc4ccccc34)C2=O)ccc1OS(=O)(=O)c1ccccc1[N+](=O)[O-]. The lowest BCUT2D eigenvalue weighted by Gasteiger charge is -2.17. The number of para-hydroxylation sites is 1. The van der Waals surface area contributed by atoms with Crippen LogP contribution in [0.4, 0.5) is 11.4 Å². The van der Waals surface area contributed by atoms with E-state index in [2.05, 4.69) is 0 Å². The topological polar surface area (TPSA) is 116 Å². The van der Waals surface area contributed by atoms with Gasteiger partial charge >= 0.3 is 10.1 Å². The van der Waals surface area contributed by atoms with Crippen molar-refractivity contribution in [2.75, 3.05) is 12.0 Å². The average molecular weight is 579 g/mol. The van der Waals surface area contributed by atoms with Crippen LogP contribution in [0.25, 0.3) is 16.8 Å². The van der Waals surface area contributed by atoms with Gasteiger partial charge in [0, 0.05) is 11.5 Å². The minimum atomic E-state index is -4.55. The van der Waals surface area contributed by atoms with E-state index >= 15 is 0 Å². The molecule has 5 rings (SSSR count). The third-order valence-electron chi connectivity index (χ3n) is 5.82. The van der Waals surface area contributed by atoms with Gasteiger partial charge in [-0.25, -0.2) is 0 Å². The number of hydrogen-bond acceptors (Lipinski definition) is 9. The second kappa shape index (κ2) is 10.5. The molecule has 0 atom stereocenters. The molecule has 0 unspecified atom stereocenters. The standard InChI is InChI=1S/C27H18N2O7S3/c1-35-23-15-17(13-14-22(23)36-39(33,34)25-12-5-4-10-21(25)29(31)32)16-24-26(30)28(27(37)38-24)20-11-6-8-18-7-2-3-9-19(18)20/h2-16H,1H3/b24-16+. The first kappa shape index (κ1) is 26.4. The van der Waals surface area contributed by atoms with Crippen LogP contribution in [0.3, 0.4) is 0 Å². The molecule has 0 aliphatic carbocycles. The second-order valence-electron chi connectivity index (χ2n) is 8.19. The first-order chi connectivity index (χ1) is 18.7. The van der Waals surface area contributed by atoms with Crippen molar-refractivity contribution in [2.24, 2.45) is 0 Å². The van der Waals surface area contributed by atoms with Gasteiger partial charge in [0.05, 0.1) is 22.6 Å². The van der Waals surface area contributed by atoms with E-state index in [-0.39, 0.29) is 17.4 Å². The second-order valence-corrected chi connectivity index (χ2v) is 11.4. The molecule has 1 aliphatic rings. The summed E-state index contributed by atoms with van der Waals surface area (Å²) in [5, 5.41) is 13.2. The number of amides is 1. The molecule has 39 heavy (non-hydrogen) atoms. The van der Waals surface area contributed by atoms with Crippen LogP contribution in [-0.2, 0) is 14.9 Å². The molecular formula is C27H18N2O7S3. The van der Waals surface area contributed by atoms with E-state index in [1.807, 2.05) is 42.5 Å². The Kier molecular flexibility index (Phi) is 7.08. The minimum absolute atomic E-state index is 0.0513. The molecule has 1 fully saturated rings. The lowest BCUT2D eigenvalue weighted by atomic mass is 10.1. The number of fused-ring (bicyclic) bond motifs is 1. The maximum atomic E-state index is 13.4. The van der Waals surface area contributed by atoms with Crippen molar-refractivity contribution in [3.63, 3.8) is 0 Å². The van der Waals surface area contributed by atoms with Gasteiger partial charge < -0.3 is 8.92 Å². The van der Waals surface area contributed by atoms with Crippen molar-refractivity contribution >= 4 is 72.5 Å². The number of nitro benzene ring substituents is 1. The first-order valence-corrected chi connectivity index (χ1v) is 13.9. The minimum Gasteiger partial charge on any atom is -0.493 e. The highest BCUT2D eigenvalue weighted by Crippen LogP contribution is 2.40. The maximum absolute atomic E-state index is 13.4. The van der Waals surface area contributed by atoms with Gasteiger partial charge in [0.2, 0.25) is 0 Å². The third kappa shape index (κ3) is 5.09. The molecule has 12 heteroatoms. The summed E-state index contributed by atoms with van der Waals surface area (Å²) in [6.07, 6.45) is 1.62. The Morgan fingerprint density at radius 2 is 1.69 bits per heavy atom. The smallest absolute Gasteiger partial charge is 0.346 e. The Morgan fingerprint density at radius 3 is 2.46 bits per heavy atom. The van der Waals surface area contributed by atoms with Crippen LogP contribution in [0, 0.1) is 10.1 Å². The van der Waals surface area contributed by atoms with Crippen LogP contribution >= 0.6 is 24.0 Å². The molecule has 0 N–H and O–H groups in total. The van der Waals surface area contributed by atoms with Crippen LogP contribution < -0.4 is 13.8 Å². The summed E-state index contributed by atoms with van der Waals surface area (Å²) < 4.78 is 36.6. The number of benzene rings is 4. The van der Waals surface area contributed by atoms with Gasteiger partial charge in [0.25, 0.3) is 11.6 Å². The summed E-state index contributed by atoms with van der Waals surface area (Å²) in [7, 11) is -3.22. The summed E-state index contributed by atoms with van der Waals surface area (Å²) in [5.74, 6) is -0.411. The fraction of sp³-hybridized carbons (Fsp3) is 0.0370. The number of nitro groups is 1. The zero-order valence-electron chi connectivity index (χ0n) is 20.1. The molecule has 4 aromatic rings. The summed E-state index contributed by atoms with van der Waals surface area (Å²) >= 11 is 6.67. The van der Waals surface area contributed by atoms with E-state index in [9.17, 15) is 23.3 Å². The van der Waals surface area contributed by atoms with E-state index in [0.717, 1.165) is 34.7 Å². The van der Waals surface area contributed by atoms with Crippen LogP contribution in [0.1, 0.15) is 5.56 Å². The monoisotopic (exact) mass is 578 g/mol.